The molecule has 168 valence electrons. The maximum absolute atomic E-state index is 10.6. The van der Waals surface area contributed by atoms with E-state index in [1.54, 1.807) is 0 Å². The summed E-state index contributed by atoms with van der Waals surface area (Å²) in [6.07, 6.45) is 5.46. The summed E-state index contributed by atoms with van der Waals surface area (Å²) < 4.78 is 10.5. The van der Waals surface area contributed by atoms with Crippen LogP contribution in [0.15, 0.2) is 0 Å². The molecule has 0 aliphatic carbocycles. The van der Waals surface area contributed by atoms with Gasteiger partial charge in [-0.15, -0.1) is 0 Å². The van der Waals surface area contributed by atoms with Crippen molar-refractivity contribution < 1.29 is 59.1 Å². The first-order valence-electron chi connectivity index (χ1n) is 10.2. The Labute approximate surface area is 187 Å². The van der Waals surface area contributed by atoms with Gasteiger partial charge >= 0.3 is 69.6 Å². The minimum atomic E-state index is -1.28. The second-order valence-electron chi connectivity index (χ2n) is 6.16. The van der Waals surface area contributed by atoms with Gasteiger partial charge in [0.05, 0.1) is 0 Å². The van der Waals surface area contributed by atoms with Crippen molar-refractivity contribution in [1.82, 2.24) is 0 Å². The van der Waals surface area contributed by atoms with Crippen LogP contribution in [0.1, 0.15) is 91.9 Å². The van der Waals surface area contributed by atoms with Crippen LogP contribution in [-0.4, -0.2) is 36.7 Å². The molecule has 0 fully saturated rings. The summed E-state index contributed by atoms with van der Waals surface area (Å²) in [6, 6.07) is 0. The molecule has 0 amide bonds. The van der Waals surface area contributed by atoms with E-state index in [1.807, 2.05) is 13.8 Å². The second-order valence-corrected chi connectivity index (χ2v) is 7.99. The van der Waals surface area contributed by atoms with Gasteiger partial charge in [-0.25, -0.2) is 0 Å². The molecule has 0 rings (SSSR count). The summed E-state index contributed by atoms with van der Waals surface area (Å²) in [5.74, 6) is -3.02. The van der Waals surface area contributed by atoms with Gasteiger partial charge in [0.2, 0.25) is 0 Å². The zero-order chi connectivity index (χ0) is 22.9. The van der Waals surface area contributed by atoms with Gasteiger partial charge in [-0.05, 0) is 12.8 Å². The molecular weight excluding hydrogens is 459 g/mol. The number of carboxylic acid groups (broad SMARTS) is 2. The monoisotopic (exact) mass is 494 g/mol. The van der Waals surface area contributed by atoms with E-state index in [9.17, 15) is 29.4 Å². The van der Waals surface area contributed by atoms with Gasteiger partial charge in [-0.2, -0.15) is 0 Å². The predicted molar refractivity (Wildman–Crippen MR) is 101 cm³/mol. The third kappa shape index (κ3) is 38.3. The topological polar surface area (TPSA) is 133 Å². The molecule has 0 unspecified atom stereocenters. The van der Waals surface area contributed by atoms with Crippen molar-refractivity contribution in [1.29, 1.82) is 0 Å². The maximum atomic E-state index is 10.6. The fraction of sp³-hybridized carbons (Fsp3) is 0.800. The van der Waals surface area contributed by atoms with Gasteiger partial charge in [-0.1, -0.05) is 26.7 Å². The molecular formula is C20H36O8Zr. The molecule has 0 saturated heterocycles. The molecule has 0 aromatic carbocycles. The molecule has 9 heteroatoms. The van der Waals surface area contributed by atoms with Crippen LogP contribution in [0, 0.1) is 0 Å². The summed E-state index contributed by atoms with van der Waals surface area (Å²) in [5.41, 5.74) is 0. The number of rotatable bonds is 16. The number of aliphatic carboxylic acids is 2. The summed E-state index contributed by atoms with van der Waals surface area (Å²) in [7, 11) is 0. The van der Waals surface area contributed by atoms with Crippen molar-refractivity contribution in [2.24, 2.45) is 0 Å². The fourth-order valence-electron chi connectivity index (χ4n) is 1.58. The Kier molecular flexibility index (Phi) is 30.6. The first kappa shape index (κ1) is 32.7. The zero-order valence-corrected chi connectivity index (χ0v) is 20.7. The van der Waals surface area contributed by atoms with Crippen LogP contribution in [0.2, 0.25) is 0 Å². The average molecular weight is 496 g/mol. The fourth-order valence-corrected chi connectivity index (χ4v) is 3.19. The molecule has 0 radical (unpaired) electrons. The number of carboxylic acids is 2. The standard InChI is InChI=1S/2C7H12O3.2C3H7O.Zr/c2*1-2-3-4-6(8)5-7(9)10;2*1-2-3-4;/h2*2-5H2,1H3,(H,9,10);2*2-3H2,1H3;/q;;2*-1;+4/p-2. The number of Topliss-reactive ketones (excluding diaryl/α,β-unsaturated/α-hetero) is 2. The Morgan fingerprint density at radius 2 is 1.00 bits per heavy atom. The Hall–Kier alpha value is -0.917. The molecule has 0 aromatic heterocycles. The normalized spacial score (nSPS) is 9.24. The third-order valence-electron chi connectivity index (χ3n) is 3.03. The molecule has 0 bridgehead atoms. The molecule has 0 atom stereocenters. The molecule has 0 aliphatic rings. The molecule has 0 heterocycles. The van der Waals surface area contributed by atoms with E-state index in [0.717, 1.165) is 51.7 Å². The predicted octanol–water partition coefficient (Wildman–Crippen LogP) is 1.52. The van der Waals surface area contributed by atoms with Crippen LogP contribution in [0.25, 0.3) is 0 Å². The molecule has 0 aromatic rings. The van der Waals surface area contributed by atoms with Crippen molar-refractivity contribution in [3.8, 4) is 0 Å². The van der Waals surface area contributed by atoms with Gasteiger partial charge in [0.1, 0.15) is 11.6 Å². The number of hydrogen-bond donors (Lipinski definition) is 0. The van der Waals surface area contributed by atoms with Crippen LogP contribution >= 0.6 is 0 Å². The van der Waals surface area contributed by atoms with E-state index < -0.39 is 48.9 Å². The Balaban J connectivity index is -0.000000350. The Morgan fingerprint density at radius 1 is 0.655 bits per heavy atom. The van der Waals surface area contributed by atoms with Crippen molar-refractivity contribution in [3.05, 3.63) is 0 Å². The number of hydrogen-bond acceptors (Lipinski definition) is 8. The molecule has 0 saturated carbocycles. The minimum absolute atomic E-state index is 0.234. The zero-order valence-electron chi connectivity index (χ0n) is 18.3. The molecule has 8 nitrogen and oxygen atoms in total. The Morgan fingerprint density at radius 3 is 1.24 bits per heavy atom. The molecule has 29 heavy (non-hydrogen) atoms. The molecule has 0 aliphatic heterocycles. The summed E-state index contributed by atoms with van der Waals surface area (Å²) in [4.78, 5) is 40.9. The SMILES string of the molecule is CCCCC(=O)CC(=O)[O-].CCCCC(=O)CC(=O)[O-].CCC[O][Zr+2][O]CCC. The average Bonchev–Trinajstić information content (AvgIpc) is 2.64. The number of carbonyl (C=O) groups excluding carboxylic acids is 4. The van der Waals surface area contributed by atoms with E-state index in [-0.39, 0.29) is 11.6 Å². The van der Waals surface area contributed by atoms with E-state index >= 15 is 0 Å². The van der Waals surface area contributed by atoms with Gasteiger partial charge in [0, 0.05) is 37.6 Å². The summed E-state index contributed by atoms with van der Waals surface area (Å²) >= 11 is -0.851. The second kappa shape index (κ2) is 27.1. The molecule has 0 N–H and O–H groups in total. The van der Waals surface area contributed by atoms with E-state index in [2.05, 4.69) is 13.8 Å². The van der Waals surface area contributed by atoms with E-state index in [4.69, 9.17) is 5.63 Å². The first-order chi connectivity index (χ1) is 13.7. The number of unbranched alkanes of at least 4 members (excludes halogenated alkanes) is 2. The van der Waals surface area contributed by atoms with Crippen molar-refractivity contribution in [3.63, 3.8) is 0 Å². The van der Waals surface area contributed by atoms with Gasteiger partial charge in [0.25, 0.3) is 0 Å². The van der Waals surface area contributed by atoms with Crippen LogP contribution in [0.3, 0.4) is 0 Å². The van der Waals surface area contributed by atoms with E-state index in [1.165, 1.54) is 0 Å². The van der Waals surface area contributed by atoms with Crippen LogP contribution < -0.4 is 10.2 Å². The summed E-state index contributed by atoms with van der Waals surface area (Å²) in [5, 5.41) is 19.7. The van der Waals surface area contributed by atoms with Gasteiger partial charge in [-0.3, -0.25) is 9.59 Å². The molecule has 0 spiro atoms. The van der Waals surface area contributed by atoms with Crippen LogP contribution in [-0.2, 0) is 48.9 Å². The number of carbonyl (C=O) groups is 4. The van der Waals surface area contributed by atoms with Crippen LogP contribution in [0.5, 0.6) is 0 Å². The quantitative estimate of drug-likeness (QED) is 0.232. The van der Waals surface area contributed by atoms with Gasteiger partial charge in [0.15, 0.2) is 0 Å². The van der Waals surface area contributed by atoms with Crippen molar-refractivity contribution in [2.45, 2.75) is 91.9 Å². The first-order valence-corrected chi connectivity index (χ1v) is 12.2. The summed E-state index contributed by atoms with van der Waals surface area (Å²) in [6.45, 7) is 9.89. The Bertz CT molecular complexity index is 389. The van der Waals surface area contributed by atoms with E-state index in [0.29, 0.717) is 12.8 Å². The van der Waals surface area contributed by atoms with Crippen molar-refractivity contribution in [2.75, 3.05) is 13.2 Å². The number of ketones is 2. The van der Waals surface area contributed by atoms with Gasteiger partial charge < -0.3 is 19.8 Å². The van der Waals surface area contributed by atoms with Crippen molar-refractivity contribution >= 4 is 23.5 Å². The third-order valence-corrected chi connectivity index (χ3v) is 4.61. The van der Waals surface area contributed by atoms with Crippen LogP contribution in [0.4, 0.5) is 0 Å².